The van der Waals surface area contributed by atoms with E-state index in [4.69, 9.17) is 9.72 Å². The molecule has 2 fully saturated rings. The van der Waals surface area contributed by atoms with Crippen LogP contribution < -0.4 is 0 Å². The third-order valence-corrected chi connectivity index (χ3v) is 5.72. The summed E-state index contributed by atoms with van der Waals surface area (Å²) in [6, 6.07) is 5.86. The van der Waals surface area contributed by atoms with Gasteiger partial charge in [-0.15, -0.1) is 11.3 Å². The number of rotatable bonds is 4. The molecule has 0 spiro atoms. The minimum atomic E-state index is 0.0188. The Morgan fingerprint density at radius 2 is 2.15 bits per heavy atom. The summed E-state index contributed by atoms with van der Waals surface area (Å²) in [5, 5.41) is 2.11. The quantitative estimate of drug-likeness (QED) is 0.825. The monoisotopic (exact) mass is 372 g/mol. The van der Waals surface area contributed by atoms with Crippen LogP contribution in [-0.2, 0) is 11.3 Å². The molecule has 4 heterocycles. The number of ether oxygens (including phenoxy) is 1. The highest BCUT2D eigenvalue weighted by atomic mass is 32.1. The Hall–Kier alpha value is -1.83. The molecule has 0 aromatic carbocycles. The van der Waals surface area contributed by atoms with Gasteiger partial charge in [-0.1, -0.05) is 6.07 Å². The number of carbonyl (C=O) groups excluding carboxylic acids is 1. The van der Waals surface area contributed by atoms with Crippen LogP contribution in [0.15, 0.2) is 29.1 Å². The van der Waals surface area contributed by atoms with Crippen molar-refractivity contribution < 1.29 is 9.53 Å². The maximum absolute atomic E-state index is 12.7. The molecule has 2 saturated heterocycles. The Morgan fingerprint density at radius 3 is 2.96 bits per heavy atom. The lowest BCUT2D eigenvalue weighted by molar-refractivity contribution is 0.0298. The third kappa shape index (κ3) is 4.11. The van der Waals surface area contributed by atoms with E-state index in [-0.39, 0.29) is 5.91 Å². The summed E-state index contributed by atoms with van der Waals surface area (Å²) < 4.78 is 5.34. The van der Waals surface area contributed by atoms with Crippen LogP contribution in [0.25, 0.3) is 0 Å². The van der Waals surface area contributed by atoms with Gasteiger partial charge in [0.2, 0.25) is 0 Å². The summed E-state index contributed by atoms with van der Waals surface area (Å²) in [5.74, 6) is 0.394. The van der Waals surface area contributed by atoms with Crippen molar-refractivity contribution in [1.29, 1.82) is 0 Å². The molecule has 7 heteroatoms. The highest BCUT2D eigenvalue weighted by Crippen LogP contribution is 2.27. The first kappa shape index (κ1) is 17.6. The molecule has 2 aromatic heterocycles. The molecular weight excluding hydrogens is 348 g/mol. The lowest BCUT2D eigenvalue weighted by Crippen LogP contribution is -2.41. The van der Waals surface area contributed by atoms with Gasteiger partial charge >= 0.3 is 0 Å². The second-order valence-electron chi connectivity index (χ2n) is 6.91. The molecule has 6 nitrogen and oxygen atoms in total. The molecule has 1 amide bonds. The van der Waals surface area contributed by atoms with Gasteiger partial charge in [0.15, 0.2) is 0 Å². The zero-order valence-electron chi connectivity index (χ0n) is 14.8. The van der Waals surface area contributed by atoms with Crippen LogP contribution >= 0.6 is 11.3 Å². The van der Waals surface area contributed by atoms with Crippen molar-refractivity contribution in [2.45, 2.75) is 25.3 Å². The third-order valence-electron chi connectivity index (χ3n) is 5.08. The minimum Gasteiger partial charge on any atom is -0.378 e. The summed E-state index contributed by atoms with van der Waals surface area (Å²) in [7, 11) is 0. The zero-order chi connectivity index (χ0) is 17.8. The van der Waals surface area contributed by atoms with Crippen molar-refractivity contribution in [3.63, 3.8) is 0 Å². The van der Waals surface area contributed by atoms with Crippen LogP contribution in [0, 0.1) is 0 Å². The van der Waals surface area contributed by atoms with Gasteiger partial charge < -0.3 is 9.64 Å². The van der Waals surface area contributed by atoms with Crippen LogP contribution in [0.1, 0.15) is 40.6 Å². The molecule has 0 unspecified atom stereocenters. The smallest absolute Gasteiger partial charge is 0.272 e. The summed E-state index contributed by atoms with van der Waals surface area (Å²) >= 11 is 1.64. The lowest BCUT2D eigenvalue weighted by Gasteiger charge is -2.32. The predicted molar refractivity (Wildman–Crippen MR) is 100 cm³/mol. The molecule has 2 aliphatic heterocycles. The van der Waals surface area contributed by atoms with Gasteiger partial charge in [0, 0.05) is 43.2 Å². The number of hydrogen-bond acceptors (Lipinski definition) is 6. The highest BCUT2D eigenvalue weighted by Gasteiger charge is 2.25. The van der Waals surface area contributed by atoms with Crippen LogP contribution in [0.5, 0.6) is 0 Å². The fourth-order valence-corrected chi connectivity index (χ4v) is 4.26. The predicted octanol–water partition coefficient (Wildman–Crippen LogP) is 2.39. The topological polar surface area (TPSA) is 58.6 Å². The number of hydrogen-bond donors (Lipinski definition) is 0. The number of thiazole rings is 1. The first-order valence-corrected chi connectivity index (χ1v) is 10.2. The number of amides is 1. The van der Waals surface area contributed by atoms with Crippen molar-refractivity contribution in [3.8, 4) is 0 Å². The molecule has 2 aromatic rings. The Bertz CT molecular complexity index is 731. The van der Waals surface area contributed by atoms with Crippen molar-refractivity contribution >= 4 is 17.2 Å². The molecule has 0 radical (unpaired) electrons. The van der Waals surface area contributed by atoms with Crippen LogP contribution in [0.2, 0.25) is 0 Å². The Labute approximate surface area is 157 Å². The zero-order valence-corrected chi connectivity index (χ0v) is 15.7. The molecule has 0 aliphatic carbocycles. The normalized spacial score (nSPS) is 21.7. The maximum Gasteiger partial charge on any atom is 0.272 e. The largest absolute Gasteiger partial charge is 0.378 e. The van der Waals surface area contributed by atoms with Crippen molar-refractivity contribution in [2.75, 3.05) is 39.4 Å². The number of nitrogens with zero attached hydrogens (tertiary/aromatic N) is 4. The number of morpholine rings is 1. The van der Waals surface area contributed by atoms with Gasteiger partial charge in [-0.3, -0.25) is 9.69 Å². The number of likely N-dealkylation sites (tertiary alicyclic amines) is 1. The highest BCUT2D eigenvalue weighted by molar-refractivity contribution is 7.07. The standard InChI is InChI=1S/C19H24N4O2S/c24-19(23-7-9-25-10-8-23)18-5-1-4-17(21-18)15-3-2-6-22(11-15)12-16-13-26-14-20-16/h1,4-5,13-15H,2-3,6-12H2/t15-/m1/s1. The van der Waals surface area contributed by atoms with Gasteiger partial charge in [0.1, 0.15) is 5.69 Å². The van der Waals surface area contributed by atoms with Crippen molar-refractivity contribution in [1.82, 2.24) is 19.8 Å². The molecule has 0 bridgehead atoms. The summed E-state index contributed by atoms with van der Waals surface area (Å²) in [6.07, 6.45) is 2.27. The Morgan fingerprint density at radius 1 is 1.27 bits per heavy atom. The average Bonchev–Trinajstić information content (AvgIpc) is 3.21. The number of piperidine rings is 1. The van der Waals surface area contributed by atoms with E-state index in [1.807, 2.05) is 22.5 Å². The van der Waals surface area contributed by atoms with Gasteiger partial charge in [-0.2, -0.15) is 0 Å². The number of pyridine rings is 1. The summed E-state index contributed by atoms with van der Waals surface area (Å²) in [6.45, 7) is 5.48. The molecule has 1 atom stereocenters. The molecule has 138 valence electrons. The SMILES string of the molecule is O=C(c1cccc([C@@H]2CCCN(Cc3cscn3)C2)n1)N1CCOCC1. The van der Waals surface area contributed by atoms with E-state index in [1.165, 1.54) is 0 Å². The van der Waals surface area contributed by atoms with Gasteiger partial charge in [0.25, 0.3) is 5.91 Å². The van der Waals surface area contributed by atoms with Crippen LogP contribution in [0.3, 0.4) is 0 Å². The van der Waals surface area contributed by atoms with E-state index < -0.39 is 0 Å². The first-order valence-electron chi connectivity index (χ1n) is 9.23. The molecular formula is C19H24N4O2S. The molecule has 0 N–H and O–H groups in total. The Kier molecular flexibility index (Phi) is 5.57. The van der Waals surface area contributed by atoms with E-state index in [0.29, 0.717) is 37.9 Å². The van der Waals surface area contributed by atoms with Crippen molar-refractivity contribution in [2.24, 2.45) is 0 Å². The maximum atomic E-state index is 12.7. The number of carbonyl (C=O) groups is 1. The van der Waals surface area contributed by atoms with E-state index in [0.717, 1.165) is 43.9 Å². The average molecular weight is 372 g/mol. The van der Waals surface area contributed by atoms with E-state index in [2.05, 4.69) is 21.3 Å². The molecule has 4 rings (SSSR count). The summed E-state index contributed by atoms with van der Waals surface area (Å²) in [5.41, 5.74) is 4.62. The first-order chi connectivity index (χ1) is 12.8. The Balaban J connectivity index is 1.44. The second-order valence-corrected chi connectivity index (χ2v) is 7.62. The fourth-order valence-electron chi connectivity index (χ4n) is 3.71. The van der Waals surface area contributed by atoms with Crippen molar-refractivity contribution in [3.05, 3.63) is 46.2 Å². The minimum absolute atomic E-state index is 0.0188. The number of aromatic nitrogens is 2. The molecule has 0 saturated carbocycles. The molecule has 26 heavy (non-hydrogen) atoms. The fraction of sp³-hybridized carbons (Fsp3) is 0.526. The second kappa shape index (κ2) is 8.24. The van der Waals surface area contributed by atoms with E-state index in [1.54, 1.807) is 11.3 Å². The van der Waals surface area contributed by atoms with E-state index in [9.17, 15) is 4.79 Å². The molecule has 2 aliphatic rings. The summed E-state index contributed by atoms with van der Waals surface area (Å²) in [4.78, 5) is 26.1. The van der Waals surface area contributed by atoms with Crippen LogP contribution in [-0.4, -0.2) is 65.1 Å². The van der Waals surface area contributed by atoms with Crippen LogP contribution in [0.4, 0.5) is 0 Å². The van der Waals surface area contributed by atoms with Gasteiger partial charge in [0.05, 0.1) is 24.4 Å². The lowest BCUT2D eigenvalue weighted by atomic mass is 9.94. The van der Waals surface area contributed by atoms with Gasteiger partial charge in [-0.25, -0.2) is 9.97 Å². The van der Waals surface area contributed by atoms with Gasteiger partial charge in [-0.05, 0) is 31.5 Å². The van der Waals surface area contributed by atoms with E-state index >= 15 is 0 Å².